The van der Waals surface area contributed by atoms with E-state index in [0.29, 0.717) is 39.9 Å². The molecule has 1 aromatic carbocycles. The zero-order valence-electron chi connectivity index (χ0n) is 27.4. The lowest BCUT2D eigenvalue weighted by atomic mass is 9.73. The number of allylic oxidation sites excluding steroid dienone is 1. The predicted octanol–water partition coefficient (Wildman–Crippen LogP) is 6.82. The van der Waals surface area contributed by atoms with Crippen LogP contribution in [0.4, 0.5) is 28.9 Å². The highest BCUT2D eigenvalue weighted by molar-refractivity contribution is 5.99. The van der Waals surface area contributed by atoms with Crippen LogP contribution in [0.15, 0.2) is 41.7 Å². The molecule has 1 aliphatic carbocycles. The molecule has 248 valence electrons. The molecule has 47 heavy (non-hydrogen) atoms. The second kappa shape index (κ2) is 11.6. The molecule has 2 unspecified atom stereocenters. The third-order valence-corrected chi connectivity index (χ3v) is 8.62. The van der Waals surface area contributed by atoms with Crippen LogP contribution in [0.2, 0.25) is 0 Å². The normalized spacial score (nSPS) is 21.3. The van der Waals surface area contributed by atoms with E-state index in [-0.39, 0.29) is 24.0 Å². The Balaban J connectivity index is 1.70. The van der Waals surface area contributed by atoms with Crippen molar-refractivity contribution in [3.05, 3.63) is 53.5 Å². The number of hydrogen-bond acceptors (Lipinski definition) is 8. The standard InChI is InChI=1S/C34H38F4N8O/c1-20-32(7,11-9-26(35)42-20)29(25-18-46(45-44-25)33(12-13-33)34(36,37)38)43-23-14-21(8-10-31(5,6)47)27-24(15-23)28(22(16-39)17-40-27)41-19-30(2,3)4/h9,11,14-15,17-18,20,29,43,47H,12-13,19H2,1-7H3,(H,40,41)/t20?,29-,32?/m1/s1. The van der Waals surface area contributed by atoms with Gasteiger partial charge in [0.1, 0.15) is 17.4 Å². The van der Waals surface area contributed by atoms with Crippen LogP contribution in [0.1, 0.15) is 84.2 Å². The number of benzene rings is 1. The van der Waals surface area contributed by atoms with Crippen molar-refractivity contribution in [2.75, 3.05) is 17.2 Å². The number of nitriles is 1. The van der Waals surface area contributed by atoms with E-state index >= 15 is 0 Å². The number of dihydropyridines is 1. The van der Waals surface area contributed by atoms with Crippen molar-refractivity contribution in [2.24, 2.45) is 15.8 Å². The quantitative estimate of drug-likeness (QED) is 0.190. The minimum Gasteiger partial charge on any atom is -0.383 e. The first-order chi connectivity index (χ1) is 21.8. The number of hydrogen-bond donors (Lipinski definition) is 3. The summed E-state index contributed by atoms with van der Waals surface area (Å²) in [5.74, 6) is 5.17. The Bertz CT molecular complexity index is 1860. The summed E-state index contributed by atoms with van der Waals surface area (Å²) >= 11 is 0. The fourth-order valence-electron chi connectivity index (χ4n) is 5.52. The number of nitrogens with one attached hydrogen (secondary N) is 2. The lowest BCUT2D eigenvalue weighted by Gasteiger charge is -2.39. The number of aliphatic hydroxyl groups is 1. The summed E-state index contributed by atoms with van der Waals surface area (Å²) in [6.45, 7) is 13.3. The van der Waals surface area contributed by atoms with Crippen molar-refractivity contribution in [2.45, 2.75) is 90.7 Å². The first-order valence-electron chi connectivity index (χ1n) is 15.3. The van der Waals surface area contributed by atoms with Gasteiger partial charge in [-0.1, -0.05) is 50.8 Å². The lowest BCUT2D eigenvalue weighted by molar-refractivity contribution is -0.183. The summed E-state index contributed by atoms with van der Waals surface area (Å²) in [4.78, 5) is 8.66. The van der Waals surface area contributed by atoms with Crippen molar-refractivity contribution in [1.82, 2.24) is 20.0 Å². The molecule has 0 saturated heterocycles. The molecule has 0 radical (unpaired) electrons. The van der Waals surface area contributed by atoms with Gasteiger partial charge in [0, 0.05) is 29.2 Å². The summed E-state index contributed by atoms with van der Waals surface area (Å²) in [5.41, 5.74) is -2.11. The van der Waals surface area contributed by atoms with Gasteiger partial charge in [0.05, 0.1) is 40.6 Å². The molecule has 3 heterocycles. The predicted molar refractivity (Wildman–Crippen MR) is 172 cm³/mol. The SMILES string of the molecule is CC1N=C(F)C=CC1(C)[C@H](Nc1cc(C#CC(C)(C)O)c2ncc(C#N)c(NCC(C)(C)C)c2c1)c1cn(C2(C(F)(F)F)CC2)nn1. The molecule has 3 N–H and O–H groups in total. The molecule has 9 nitrogen and oxygen atoms in total. The summed E-state index contributed by atoms with van der Waals surface area (Å²) in [6, 6.07) is 4.21. The van der Waals surface area contributed by atoms with Crippen LogP contribution >= 0.6 is 0 Å². The van der Waals surface area contributed by atoms with Crippen LogP contribution in [0.25, 0.3) is 10.9 Å². The molecule has 1 saturated carbocycles. The number of aliphatic imine (C=N–C) groups is 1. The highest BCUT2D eigenvalue weighted by atomic mass is 19.4. The van der Waals surface area contributed by atoms with Gasteiger partial charge in [0.25, 0.3) is 0 Å². The number of anilines is 2. The zero-order chi connectivity index (χ0) is 34.6. The van der Waals surface area contributed by atoms with Gasteiger partial charge in [0.15, 0.2) is 5.54 Å². The van der Waals surface area contributed by atoms with Crippen molar-refractivity contribution in [3.8, 4) is 17.9 Å². The molecule has 13 heteroatoms. The number of rotatable bonds is 7. The summed E-state index contributed by atoms with van der Waals surface area (Å²) in [5, 5.41) is 35.9. The topological polar surface area (TPSA) is 124 Å². The minimum atomic E-state index is -4.51. The van der Waals surface area contributed by atoms with Gasteiger partial charge in [-0.2, -0.15) is 22.8 Å². The first-order valence-corrected chi connectivity index (χ1v) is 15.3. The molecule has 3 atom stereocenters. The third-order valence-electron chi connectivity index (χ3n) is 8.62. The van der Waals surface area contributed by atoms with E-state index in [1.54, 1.807) is 39.0 Å². The van der Waals surface area contributed by atoms with E-state index in [2.05, 4.69) is 69.6 Å². The Morgan fingerprint density at radius 2 is 1.85 bits per heavy atom. The fourth-order valence-corrected chi connectivity index (χ4v) is 5.52. The van der Waals surface area contributed by atoms with Crippen molar-refractivity contribution < 1.29 is 22.7 Å². The molecule has 2 aliphatic rings. The second-order valence-electron chi connectivity index (χ2n) is 14.3. The van der Waals surface area contributed by atoms with Crippen LogP contribution < -0.4 is 10.6 Å². The Labute approximate surface area is 271 Å². The number of fused-ring (bicyclic) bond motifs is 1. The Morgan fingerprint density at radius 3 is 2.43 bits per heavy atom. The molecule has 5 rings (SSSR count). The molecular weight excluding hydrogens is 612 g/mol. The summed E-state index contributed by atoms with van der Waals surface area (Å²) in [7, 11) is 0. The smallest absolute Gasteiger partial charge is 0.383 e. The third kappa shape index (κ3) is 6.82. The van der Waals surface area contributed by atoms with E-state index in [0.717, 1.165) is 4.68 Å². The van der Waals surface area contributed by atoms with Crippen LogP contribution in [-0.4, -0.2) is 55.4 Å². The number of alkyl halides is 3. The minimum absolute atomic E-state index is 0.104. The maximum absolute atomic E-state index is 14.3. The van der Waals surface area contributed by atoms with Crippen molar-refractivity contribution in [3.63, 3.8) is 0 Å². The molecule has 1 fully saturated rings. The molecule has 1 aliphatic heterocycles. The number of pyridine rings is 1. The molecule has 0 spiro atoms. The molecular formula is C34H38F4N8O. The Kier molecular flexibility index (Phi) is 8.38. The maximum atomic E-state index is 14.3. The first kappa shape index (κ1) is 33.9. The van der Waals surface area contributed by atoms with Gasteiger partial charge in [-0.05, 0) is 57.2 Å². The average molecular weight is 651 g/mol. The van der Waals surface area contributed by atoms with Crippen molar-refractivity contribution >= 4 is 28.2 Å². The monoisotopic (exact) mass is 650 g/mol. The van der Waals surface area contributed by atoms with E-state index in [1.165, 1.54) is 18.5 Å². The largest absolute Gasteiger partial charge is 0.413 e. The van der Waals surface area contributed by atoms with Gasteiger partial charge in [-0.3, -0.25) is 9.98 Å². The fraction of sp³-hybridized carbons (Fsp3) is 0.500. The van der Waals surface area contributed by atoms with Crippen LogP contribution in [0.3, 0.4) is 0 Å². The highest BCUT2D eigenvalue weighted by Crippen LogP contribution is 2.55. The van der Waals surface area contributed by atoms with Gasteiger partial charge >= 0.3 is 6.18 Å². The Morgan fingerprint density at radius 1 is 1.15 bits per heavy atom. The van der Waals surface area contributed by atoms with E-state index < -0.39 is 40.8 Å². The molecule has 0 bridgehead atoms. The number of halogens is 4. The summed E-state index contributed by atoms with van der Waals surface area (Å²) < 4.78 is 57.2. The van der Waals surface area contributed by atoms with Gasteiger partial charge < -0.3 is 15.7 Å². The second-order valence-corrected chi connectivity index (χ2v) is 14.3. The maximum Gasteiger partial charge on any atom is 0.413 e. The van der Waals surface area contributed by atoms with E-state index in [4.69, 9.17) is 0 Å². The molecule has 0 amide bonds. The zero-order valence-corrected chi connectivity index (χ0v) is 27.4. The lowest BCUT2D eigenvalue weighted by Crippen LogP contribution is -2.40. The number of aromatic nitrogens is 4. The van der Waals surface area contributed by atoms with Gasteiger partial charge in [0.2, 0.25) is 5.97 Å². The van der Waals surface area contributed by atoms with Crippen LogP contribution in [0.5, 0.6) is 0 Å². The van der Waals surface area contributed by atoms with Crippen LogP contribution in [0, 0.1) is 34.0 Å². The molecule has 2 aromatic heterocycles. The van der Waals surface area contributed by atoms with E-state index in [9.17, 15) is 27.9 Å². The van der Waals surface area contributed by atoms with Gasteiger partial charge in [-0.15, -0.1) is 5.10 Å². The highest BCUT2D eigenvalue weighted by Gasteiger charge is 2.66. The van der Waals surface area contributed by atoms with Crippen LogP contribution in [-0.2, 0) is 5.54 Å². The molecule has 3 aromatic rings. The van der Waals surface area contributed by atoms with Gasteiger partial charge in [-0.25, -0.2) is 4.68 Å². The average Bonchev–Trinajstić information content (AvgIpc) is 3.66. The number of nitrogens with zero attached hydrogens (tertiary/aromatic N) is 6. The van der Waals surface area contributed by atoms with Crippen molar-refractivity contribution in [1.29, 1.82) is 5.26 Å². The summed E-state index contributed by atoms with van der Waals surface area (Å²) in [6.07, 6.45) is 0.905. The van der Waals surface area contributed by atoms with E-state index in [1.807, 2.05) is 6.92 Å². The Hall–Kier alpha value is -4.49.